The molecule has 0 aliphatic heterocycles. The fourth-order valence-electron chi connectivity index (χ4n) is 1.58. The molecule has 0 unspecified atom stereocenters. The number of nitrogens with zero attached hydrogens (tertiary/aromatic N) is 1. The van der Waals surface area contributed by atoms with Gasteiger partial charge < -0.3 is 10.4 Å². The van der Waals surface area contributed by atoms with Crippen LogP contribution in [0.3, 0.4) is 0 Å². The Bertz CT molecular complexity index is 780. The molecule has 118 valence electrons. The minimum absolute atomic E-state index is 0.00767. The van der Waals surface area contributed by atoms with Crippen LogP contribution in [0, 0.1) is 0 Å². The molecule has 0 aliphatic rings. The smallest absolute Gasteiger partial charge is 0.329 e. The molecule has 0 aliphatic carbocycles. The molecule has 2 amide bonds. The first-order valence-electron chi connectivity index (χ1n) is 6.35. The molecule has 8 heteroatoms. The molecular formula is C15H11BrClN3O3. The Kier molecular flexibility index (Phi) is 5.72. The summed E-state index contributed by atoms with van der Waals surface area (Å²) in [6.45, 7) is 0. The summed E-state index contributed by atoms with van der Waals surface area (Å²) in [5.74, 6) is -1.88. The molecule has 0 fully saturated rings. The van der Waals surface area contributed by atoms with E-state index in [0.29, 0.717) is 16.3 Å². The quantitative estimate of drug-likeness (QED) is 0.423. The van der Waals surface area contributed by atoms with Gasteiger partial charge in [0.15, 0.2) is 0 Å². The molecule has 0 radical (unpaired) electrons. The van der Waals surface area contributed by atoms with Crippen LogP contribution in [0.15, 0.2) is 52.0 Å². The van der Waals surface area contributed by atoms with Crippen molar-refractivity contribution < 1.29 is 14.7 Å². The van der Waals surface area contributed by atoms with Gasteiger partial charge in [-0.05, 0) is 30.3 Å². The first-order valence-corrected chi connectivity index (χ1v) is 7.52. The number of hydrogen-bond acceptors (Lipinski definition) is 4. The molecule has 0 saturated heterocycles. The highest BCUT2D eigenvalue weighted by molar-refractivity contribution is 9.10. The van der Waals surface area contributed by atoms with E-state index < -0.39 is 11.8 Å². The highest BCUT2D eigenvalue weighted by Gasteiger charge is 2.14. The fraction of sp³-hybridized carbons (Fsp3) is 0. The second-order valence-electron chi connectivity index (χ2n) is 4.34. The molecule has 0 spiro atoms. The van der Waals surface area contributed by atoms with E-state index in [-0.39, 0.29) is 5.75 Å². The predicted octanol–water partition coefficient (Wildman–Crippen LogP) is 2.90. The lowest BCUT2D eigenvalue weighted by molar-refractivity contribution is -0.136. The third kappa shape index (κ3) is 4.80. The van der Waals surface area contributed by atoms with Gasteiger partial charge in [-0.3, -0.25) is 9.59 Å². The molecule has 2 aromatic carbocycles. The molecule has 23 heavy (non-hydrogen) atoms. The number of phenolic OH excluding ortho intramolecular Hbond substituents is 1. The summed E-state index contributed by atoms with van der Waals surface area (Å²) >= 11 is 9.13. The Morgan fingerprint density at radius 1 is 1.17 bits per heavy atom. The van der Waals surface area contributed by atoms with E-state index in [1.54, 1.807) is 36.4 Å². The van der Waals surface area contributed by atoms with E-state index in [0.717, 1.165) is 4.47 Å². The van der Waals surface area contributed by atoms with Crippen molar-refractivity contribution in [1.82, 2.24) is 5.43 Å². The average Bonchev–Trinajstić information content (AvgIpc) is 2.52. The van der Waals surface area contributed by atoms with Gasteiger partial charge in [0, 0.05) is 10.0 Å². The minimum atomic E-state index is -0.962. The Morgan fingerprint density at radius 2 is 1.91 bits per heavy atom. The number of amides is 2. The number of carbonyl (C=O) groups is 2. The molecule has 2 aromatic rings. The first kappa shape index (κ1) is 17.0. The Hall–Kier alpha value is -2.38. The Morgan fingerprint density at radius 3 is 2.65 bits per heavy atom. The SMILES string of the molecule is O=C(N/N=C/c1cc(Br)ccc1O)C(=O)Nc1ccccc1Cl. The standard InChI is InChI=1S/C15H11BrClN3O3/c16-10-5-6-13(21)9(7-10)8-18-20-15(23)14(22)19-12-4-2-1-3-11(12)17/h1-8,21H,(H,19,22)(H,20,23)/b18-8+. The van der Waals surface area contributed by atoms with Crippen molar-refractivity contribution in [3.63, 3.8) is 0 Å². The number of aromatic hydroxyl groups is 1. The van der Waals surface area contributed by atoms with Crippen LogP contribution in [0.5, 0.6) is 5.75 Å². The van der Waals surface area contributed by atoms with Crippen LogP contribution in [-0.4, -0.2) is 23.1 Å². The van der Waals surface area contributed by atoms with Gasteiger partial charge in [0.05, 0.1) is 16.9 Å². The van der Waals surface area contributed by atoms with Crippen LogP contribution in [0.25, 0.3) is 0 Å². The van der Waals surface area contributed by atoms with Crippen molar-refractivity contribution in [3.8, 4) is 5.75 Å². The molecule has 0 saturated carbocycles. The van der Waals surface area contributed by atoms with Crippen LogP contribution in [0.2, 0.25) is 5.02 Å². The number of para-hydroxylation sites is 1. The highest BCUT2D eigenvalue weighted by Crippen LogP contribution is 2.20. The first-order chi connectivity index (χ1) is 11.0. The lowest BCUT2D eigenvalue weighted by Gasteiger charge is -2.05. The van der Waals surface area contributed by atoms with Gasteiger partial charge in [0.1, 0.15) is 5.75 Å². The number of rotatable bonds is 3. The van der Waals surface area contributed by atoms with Crippen molar-refractivity contribution in [2.24, 2.45) is 5.10 Å². The molecule has 3 N–H and O–H groups in total. The number of halogens is 2. The minimum Gasteiger partial charge on any atom is -0.507 e. The normalized spacial score (nSPS) is 10.5. The van der Waals surface area contributed by atoms with E-state index >= 15 is 0 Å². The summed E-state index contributed by atoms with van der Waals surface area (Å²) in [6.07, 6.45) is 1.22. The molecule has 6 nitrogen and oxygen atoms in total. The maximum Gasteiger partial charge on any atom is 0.329 e. The van der Waals surface area contributed by atoms with Crippen molar-refractivity contribution >= 4 is 51.2 Å². The number of benzene rings is 2. The lowest BCUT2D eigenvalue weighted by Crippen LogP contribution is -2.32. The van der Waals surface area contributed by atoms with E-state index in [2.05, 4.69) is 31.8 Å². The number of phenols is 1. The lowest BCUT2D eigenvalue weighted by atomic mass is 10.2. The number of anilines is 1. The summed E-state index contributed by atoms with van der Waals surface area (Å²) in [7, 11) is 0. The number of hydrazone groups is 1. The van der Waals surface area contributed by atoms with Gasteiger partial charge in [-0.2, -0.15) is 5.10 Å². The fourth-order valence-corrected chi connectivity index (χ4v) is 2.14. The van der Waals surface area contributed by atoms with Crippen molar-refractivity contribution in [3.05, 3.63) is 57.5 Å². The average molecular weight is 397 g/mol. The van der Waals surface area contributed by atoms with Crippen LogP contribution in [-0.2, 0) is 9.59 Å². The van der Waals surface area contributed by atoms with Crippen LogP contribution in [0.4, 0.5) is 5.69 Å². The van der Waals surface area contributed by atoms with Crippen LogP contribution < -0.4 is 10.7 Å². The maximum absolute atomic E-state index is 11.7. The number of carbonyl (C=O) groups excluding carboxylic acids is 2. The van der Waals surface area contributed by atoms with Crippen LogP contribution >= 0.6 is 27.5 Å². The topological polar surface area (TPSA) is 90.8 Å². The summed E-state index contributed by atoms with van der Waals surface area (Å²) in [4.78, 5) is 23.4. The zero-order chi connectivity index (χ0) is 16.8. The van der Waals surface area contributed by atoms with Gasteiger partial charge in [0.2, 0.25) is 0 Å². The van der Waals surface area contributed by atoms with Gasteiger partial charge in [0.25, 0.3) is 0 Å². The van der Waals surface area contributed by atoms with E-state index in [4.69, 9.17) is 11.6 Å². The van der Waals surface area contributed by atoms with E-state index in [1.807, 2.05) is 0 Å². The molecular weight excluding hydrogens is 386 g/mol. The third-order valence-electron chi connectivity index (χ3n) is 2.69. The summed E-state index contributed by atoms with van der Waals surface area (Å²) < 4.78 is 0.736. The molecule has 0 bridgehead atoms. The summed E-state index contributed by atoms with van der Waals surface area (Å²) in [5, 5.41) is 15.9. The van der Waals surface area contributed by atoms with Crippen molar-refractivity contribution in [2.45, 2.75) is 0 Å². The predicted molar refractivity (Wildman–Crippen MR) is 91.6 cm³/mol. The molecule has 2 rings (SSSR count). The largest absolute Gasteiger partial charge is 0.507 e. The summed E-state index contributed by atoms with van der Waals surface area (Å²) in [6, 6.07) is 11.3. The van der Waals surface area contributed by atoms with Gasteiger partial charge >= 0.3 is 11.8 Å². The molecule has 0 aromatic heterocycles. The maximum atomic E-state index is 11.7. The van der Waals surface area contributed by atoms with E-state index in [9.17, 15) is 14.7 Å². The second-order valence-corrected chi connectivity index (χ2v) is 5.66. The monoisotopic (exact) mass is 395 g/mol. The molecule has 0 atom stereocenters. The summed E-state index contributed by atoms with van der Waals surface area (Å²) in [5.41, 5.74) is 2.77. The van der Waals surface area contributed by atoms with Gasteiger partial charge in [-0.15, -0.1) is 0 Å². The molecule has 0 heterocycles. The number of hydrogen-bond donors (Lipinski definition) is 3. The zero-order valence-electron chi connectivity index (χ0n) is 11.6. The third-order valence-corrected chi connectivity index (χ3v) is 3.51. The van der Waals surface area contributed by atoms with Gasteiger partial charge in [-0.25, -0.2) is 5.43 Å². The van der Waals surface area contributed by atoms with Crippen LogP contribution in [0.1, 0.15) is 5.56 Å². The Balaban J connectivity index is 1.96. The van der Waals surface area contributed by atoms with Crippen molar-refractivity contribution in [2.75, 3.05) is 5.32 Å². The van der Waals surface area contributed by atoms with Crippen molar-refractivity contribution in [1.29, 1.82) is 0 Å². The Labute approximate surface area is 145 Å². The second kappa shape index (κ2) is 7.75. The highest BCUT2D eigenvalue weighted by atomic mass is 79.9. The van der Waals surface area contributed by atoms with Gasteiger partial charge in [-0.1, -0.05) is 39.7 Å². The van der Waals surface area contributed by atoms with E-state index in [1.165, 1.54) is 12.3 Å². The zero-order valence-corrected chi connectivity index (χ0v) is 13.9. The number of nitrogens with one attached hydrogen (secondary N) is 2.